The number of rotatable bonds is 28. The summed E-state index contributed by atoms with van der Waals surface area (Å²) in [6, 6.07) is 0. The number of alkyl halides is 1. The van der Waals surface area contributed by atoms with Crippen molar-refractivity contribution in [2.45, 2.75) is 306 Å². The summed E-state index contributed by atoms with van der Waals surface area (Å²) in [5.41, 5.74) is 1.16. The third-order valence-electron chi connectivity index (χ3n) is 23.5. The summed E-state index contributed by atoms with van der Waals surface area (Å²) < 4.78 is 34.4. The fraction of sp³-hybridized carbons (Fsp3) is 0.968. The predicted molar refractivity (Wildman–Crippen MR) is 481 cm³/mol. The molecule has 113 heavy (non-hydrogen) atoms. The first-order valence-electron chi connectivity index (χ1n) is 46.0. The van der Waals surface area contributed by atoms with Crippen molar-refractivity contribution in [2.75, 3.05) is 206 Å². The van der Waals surface area contributed by atoms with Crippen LogP contribution in [-0.4, -0.2) is 280 Å². The van der Waals surface area contributed by atoms with Crippen LogP contribution in [0.4, 0.5) is 4.39 Å². The molecule has 0 aromatic rings. The molecule has 9 fully saturated rings. The molecule has 9 saturated heterocycles. The lowest BCUT2D eigenvalue weighted by Crippen LogP contribution is -2.57. The Morgan fingerprint density at radius 1 is 0.487 bits per heavy atom. The molecule has 1 unspecified atom stereocenters. The molecule has 3 amide bonds. The highest BCUT2D eigenvalue weighted by Crippen LogP contribution is 2.38. The van der Waals surface area contributed by atoms with Crippen LogP contribution in [0.3, 0.4) is 0 Å². The van der Waals surface area contributed by atoms with Crippen LogP contribution in [0.5, 0.6) is 0 Å². The zero-order valence-electron chi connectivity index (χ0n) is 80.6. The van der Waals surface area contributed by atoms with Gasteiger partial charge in [0, 0.05) is 138 Å². The van der Waals surface area contributed by atoms with Gasteiger partial charge < -0.3 is 54.1 Å². The second kappa shape index (κ2) is 56.5. The molecule has 0 aromatic carbocycles. The van der Waals surface area contributed by atoms with Gasteiger partial charge in [0.15, 0.2) is 0 Å². The molecule has 672 valence electrons. The molecule has 1 atom stereocenters. The van der Waals surface area contributed by atoms with Gasteiger partial charge in [-0.1, -0.05) is 178 Å². The molecule has 0 bridgehead atoms. The monoisotopic (exact) mass is 1610 g/mol. The van der Waals surface area contributed by atoms with Gasteiger partial charge in [-0.3, -0.25) is 29.1 Å². The fourth-order valence-corrected chi connectivity index (χ4v) is 17.8. The van der Waals surface area contributed by atoms with E-state index >= 15 is 0 Å². The van der Waals surface area contributed by atoms with Gasteiger partial charge in [0.2, 0.25) is 17.7 Å². The first-order valence-corrected chi connectivity index (χ1v) is 46.0. The third-order valence-corrected chi connectivity index (χ3v) is 23.5. The summed E-state index contributed by atoms with van der Waals surface area (Å²) in [6.07, 6.45) is 22.8. The number of hydrogen-bond acceptors (Lipinski definition) is 14. The molecule has 2 N–H and O–H groups in total. The Labute approximate surface area is 700 Å². The summed E-state index contributed by atoms with van der Waals surface area (Å²) in [7, 11) is 9.53. The SMILES string of the molecule is CC(=O)N1CC(C)(CC(C)C)C1.CC(=O)N1CC(CC(C)C)C1.CC(C)(C)CC1CNC(C)(C)CO1.CC(C)CC1(F)CN(C)C1.CC(C)CCC1CCN(C)CC1.CC(C)CCN1CCNC(=O)C1.COCCN1CC(C)(CC(C)C)C1.COCCN1CCC(CC(C)(C)C)CC1.COCCN1CCC(CCC(C)C)CC1. The number of amides is 3. The van der Waals surface area contributed by atoms with Gasteiger partial charge in [0.05, 0.1) is 39.1 Å². The zero-order valence-corrected chi connectivity index (χ0v) is 80.6. The average molecular weight is 1610 g/mol. The molecule has 9 aliphatic rings. The van der Waals surface area contributed by atoms with Gasteiger partial charge in [-0.2, -0.15) is 0 Å². The minimum absolute atomic E-state index is 0.161. The molecule has 0 saturated carbocycles. The number of piperidine rings is 3. The highest BCUT2D eigenvalue weighted by atomic mass is 19.1. The van der Waals surface area contributed by atoms with Gasteiger partial charge in [0.25, 0.3) is 0 Å². The van der Waals surface area contributed by atoms with Crippen molar-refractivity contribution in [3.8, 4) is 0 Å². The highest BCUT2D eigenvalue weighted by molar-refractivity contribution is 5.78. The Balaban J connectivity index is 0.000000637. The van der Waals surface area contributed by atoms with E-state index in [0.717, 1.165) is 170 Å². The number of nitrogens with one attached hydrogen (secondary N) is 2. The molecule has 18 heteroatoms. The molecule has 0 aliphatic carbocycles. The first kappa shape index (κ1) is 109. The summed E-state index contributed by atoms with van der Waals surface area (Å²) in [6.45, 7) is 84.3. The molecular formula is C95H193FN10O7. The van der Waals surface area contributed by atoms with Crippen LogP contribution in [0, 0.1) is 86.8 Å². The van der Waals surface area contributed by atoms with E-state index < -0.39 is 5.67 Å². The number of likely N-dealkylation sites (tertiary alicyclic amines) is 7. The Bertz CT molecular complexity index is 2380. The molecule has 9 aliphatic heterocycles. The fourth-order valence-electron chi connectivity index (χ4n) is 17.8. The van der Waals surface area contributed by atoms with Gasteiger partial charge in [-0.25, -0.2) is 4.39 Å². The number of halogens is 1. The quantitative estimate of drug-likeness (QED) is 0.0768. The molecular weight excluding hydrogens is 1410 g/mol. The molecule has 9 rings (SSSR count). The molecule has 17 nitrogen and oxygen atoms in total. The highest BCUT2D eigenvalue weighted by Gasteiger charge is 2.43. The number of hydrogen-bond donors (Lipinski definition) is 2. The van der Waals surface area contributed by atoms with Crippen LogP contribution in [0.15, 0.2) is 0 Å². The largest absolute Gasteiger partial charge is 0.383 e. The molecule has 0 spiro atoms. The van der Waals surface area contributed by atoms with Crippen molar-refractivity contribution >= 4 is 17.7 Å². The number of morpholine rings is 1. The van der Waals surface area contributed by atoms with Crippen molar-refractivity contribution in [2.24, 2.45) is 86.8 Å². The second-order valence-electron chi connectivity index (χ2n) is 43.5. The summed E-state index contributed by atoms with van der Waals surface area (Å²) in [4.78, 5) is 50.7. The summed E-state index contributed by atoms with van der Waals surface area (Å²) in [5, 5.41) is 6.33. The van der Waals surface area contributed by atoms with Crippen LogP contribution in [0.2, 0.25) is 0 Å². The topological polar surface area (TPSA) is 138 Å². The van der Waals surface area contributed by atoms with E-state index in [0.29, 0.717) is 53.3 Å². The lowest BCUT2D eigenvalue weighted by Gasteiger charge is -2.49. The first-order chi connectivity index (χ1) is 52.5. The number of carbonyl (C=O) groups is 3. The van der Waals surface area contributed by atoms with Gasteiger partial charge in [0.1, 0.15) is 5.67 Å². The van der Waals surface area contributed by atoms with Crippen molar-refractivity contribution in [3.05, 3.63) is 0 Å². The number of ether oxygens (including phenoxy) is 4. The Morgan fingerprint density at radius 3 is 1.27 bits per heavy atom. The minimum Gasteiger partial charge on any atom is -0.383 e. The van der Waals surface area contributed by atoms with Crippen molar-refractivity contribution < 1.29 is 37.7 Å². The van der Waals surface area contributed by atoms with Crippen LogP contribution >= 0.6 is 0 Å². The van der Waals surface area contributed by atoms with Gasteiger partial charge in [-0.15, -0.1) is 0 Å². The zero-order chi connectivity index (χ0) is 85.9. The lowest BCUT2D eigenvalue weighted by atomic mass is 9.75. The van der Waals surface area contributed by atoms with E-state index in [1.165, 1.54) is 149 Å². The maximum absolute atomic E-state index is 13.4. The maximum Gasteiger partial charge on any atom is 0.234 e. The third kappa shape index (κ3) is 55.5. The smallest absolute Gasteiger partial charge is 0.234 e. The Hall–Kier alpha value is -2.10. The standard InChI is InChI=1S/2C13H27NO.2C11H23NO.C11H23N.C10H19NO.C9H18N2O.C9H17NO.C8H16FN/c1-13(2,3)11-12-5-7-14(8-6-12)9-10-15-4;1-12(2)4-5-13-6-8-14(9-7-13)10-11-15-3;1-10(2,3)6-9-7-12-11(4,5)8-13-9;1-10(2)7-11(3)8-12(9-11)5-6-13-4;1-10(2)4-5-11-6-8-12(3)9-7-11;1-8(2)5-10(4)6-11(7-10)9(3)12;1-8(2)3-5-11-6-4-10-9(12)7-11;1-7(2)4-9-5-10(6-9)8(3)11;1-7(2)4-8(9)5-10(3)6-8/h12H,5-11H2,1-4H3;12-13H,4-11H2,1-3H3;9,12H,6-8H2,1-5H3;10H,5-9H2,1-4H3;10-11H,4-9H2,1-3H3;8H,5-7H2,1-4H3;8H,3-7H2,1-2H3,(H,10,12);7,9H,4-6H2,1-3H3;7H,4-6H2,1-3H3. The predicted octanol–water partition coefficient (Wildman–Crippen LogP) is 18.1. The average Bonchev–Trinajstić information content (AvgIpc) is 0.803. The molecule has 0 aromatic heterocycles. The summed E-state index contributed by atoms with van der Waals surface area (Å²) in [5.74, 6) is 9.69. The number of methoxy groups -OCH3 is 3. The normalized spacial score (nSPS) is 21.9. The van der Waals surface area contributed by atoms with Gasteiger partial charge >= 0.3 is 0 Å². The van der Waals surface area contributed by atoms with Crippen LogP contribution < -0.4 is 10.6 Å². The van der Waals surface area contributed by atoms with Crippen molar-refractivity contribution in [1.82, 2.24) is 49.8 Å². The number of nitrogens with zero attached hydrogens (tertiary/aromatic N) is 8. The van der Waals surface area contributed by atoms with Crippen molar-refractivity contribution in [3.63, 3.8) is 0 Å². The van der Waals surface area contributed by atoms with E-state index in [4.69, 9.17) is 18.9 Å². The van der Waals surface area contributed by atoms with Crippen LogP contribution in [-0.2, 0) is 33.3 Å². The number of carbonyl (C=O) groups excluding carboxylic acids is 3. The Kier molecular flexibility index (Phi) is 54.4. The van der Waals surface area contributed by atoms with Crippen LogP contribution in [0.25, 0.3) is 0 Å². The van der Waals surface area contributed by atoms with Crippen LogP contribution in [0.1, 0.15) is 289 Å². The maximum atomic E-state index is 13.4. The van der Waals surface area contributed by atoms with E-state index in [1.54, 1.807) is 35.2 Å². The van der Waals surface area contributed by atoms with Crippen molar-refractivity contribution in [1.29, 1.82) is 0 Å². The van der Waals surface area contributed by atoms with E-state index in [9.17, 15) is 18.8 Å². The second-order valence-corrected chi connectivity index (χ2v) is 43.5. The molecule has 9 heterocycles. The lowest BCUT2D eigenvalue weighted by molar-refractivity contribution is -0.140. The van der Waals surface area contributed by atoms with Gasteiger partial charge in [-0.05, 0) is 239 Å². The Morgan fingerprint density at radius 2 is 0.903 bits per heavy atom. The summed E-state index contributed by atoms with van der Waals surface area (Å²) >= 11 is 0. The van der Waals surface area contributed by atoms with E-state index in [-0.39, 0.29) is 23.3 Å². The van der Waals surface area contributed by atoms with E-state index in [2.05, 4.69) is 208 Å². The minimum atomic E-state index is -0.858. The van der Waals surface area contributed by atoms with E-state index in [1.807, 2.05) is 21.7 Å². The number of piperazine rings is 1. The molecule has 0 radical (unpaired) electrons.